The van der Waals surface area contributed by atoms with Crippen molar-refractivity contribution in [3.8, 4) is 0 Å². The van der Waals surface area contributed by atoms with Crippen LogP contribution in [0.25, 0.3) is 0 Å². The molecule has 0 radical (unpaired) electrons. The molecule has 0 aromatic carbocycles. The second-order valence-corrected chi connectivity index (χ2v) is 6.21. The number of amides is 1. The minimum Gasteiger partial charge on any atom is -0.345 e. The van der Waals surface area contributed by atoms with E-state index in [0.29, 0.717) is 12.3 Å². The van der Waals surface area contributed by atoms with Gasteiger partial charge in [-0.2, -0.15) is 0 Å². The zero-order valence-electron chi connectivity index (χ0n) is 11.7. The van der Waals surface area contributed by atoms with Crippen LogP contribution in [0.15, 0.2) is 0 Å². The Morgan fingerprint density at radius 3 is 2.71 bits per heavy atom. The Bertz CT molecular complexity index is 260. The number of hydrogen-bond donors (Lipinski definition) is 1. The van der Waals surface area contributed by atoms with Crippen LogP contribution in [0.5, 0.6) is 0 Å². The average Bonchev–Trinajstić information content (AvgIpc) is 2.14. The third kappa shape index (κ3) is 5.50. The molecule has 1 atom stereocenters. The van der Waals surface area contributed by atoms with Crippen LogP contribution < -0.4 is 5.73 Å². The van der Waals surface area contributed by atoms with E-state index in [9.17, 15) is 4.79 Å². The summed E-state index contributed by atoms with van der Waals surface area (Å²) in [6.45, 7) is 6.94. The predicted molar refractivity (Wildman–Crippen MR) is 70.7 cm³/mol. The lowest BCUT2D eigenvalue weighted by atomic mass is 9.97. The second-order valence-electron chi connectivity index (χ2n) is 6.21. The Kier molecular flexibility index (Phi) is 4.95. The van der Waals surface area contributed by atoms with Crippen LogP contribution in [0.2, 0.25) is 0 Å². The van der Waals surface area contributed by atoms with Gasteiger partial charge in [-0.15, -0.1) is 0 Å². The zero-order valence-corrected chi connectivity index (χ0v) is 11.7. The molecule has 0 bridgehead atoms. The third-order valence-electron chi connectivity index (χ3n) is 3.29. The van der Waals surface area contributed by atoms with Crippen LogP contribution in [-0.4, -0.2) is 55.0 Å². The van der Waals surface area contributed by atoms with Crippen molar-refractivity contribution in [2.24, 2.45) is 11.7 Å². The van der Waals surface area contributed by atoms with E-state index in [1.165, 1.54) is 19.4 Å². The summed E-state index contributed by atoms with van der Waals surface area (Å²) in [5.74, 6) is 0.773. The number of likely N-dealkylation sites (tertiary alicyclic amines) is 1. The first-order chi connectivity index (χ1) is 7.78. The summed E-state index contributed by atoms with van der Waals surface area (Å²) in [6.07, 6.45) is 2.89. The smallest absolute Gasteiger partial charge is 0.224 e. The molecule has 0 spiro atoms. The van der Waals surface area contributed by atoms with Gasteiger partial charge in [0.25, 0.3) is 0 Å². The van der Waals surface area contributed by atoms with Crippen molar-refractivity contribution in [1.29, 1.82) is 0 Å². The highest BCUT2D eigenvalue weighted by Gasteiger charge is 2.23. The van der Waals surface area contributed by atoms with Crippen LogP contribution in [-0.2, 0) is 4.79 Å². The maximum atomic E-state index is 11.9. The first-order valence-electron chi connectivity index (χ1n) is 6.49. The van der Waals surface area contributed by atoms with Crippen molar-refractivity contribution in [1.82, 2.24) is 9.80 Å². The van der Waals surface area contributed by atoms with Crippen LogP contribution in [0.3, 0.4) is 0 Å². The van der Waals surface area contributed by atoms with E-state index in [1.807, 2.05) is 25.8 Å². The van der Waals surface area contributed by atoms with Gasteiger partial charge in [0.1, 0.15) is 0 Å². The highest BCUT2D eigenvalue weighted by molar-refractivity contribution is 5.77. The van der Waals surface area contributed by atoms with Crippen LogP contribution in [0, 0.1) is 5.92 Å². The van der Waals surface area contributed by atoms with E-state index in [1.54, 1.807) is 0 Å². The van der Waals surface area contributed by atoms with Gasteiger partial charge in [0.15, 0.2) is 0 Å². The minimum absolute atomic E-state index is 0.158. The molecule has 1 fully saturated rings. The van der Waals surface area contributed by atoms with Crippen molar-refractivity contribution in [2.75, 3.05) is 33.7 Å². The molecule has 2 N–H and O–H groups in total. The SMILES string of the molecule is CN1CCCC(CN(C)C(=O)CC(C)(C)N)C1. The van der Waals surface area contributed by atoms with Crippen molar-refractivity contribution in [2.45, 2.75) is 38.6 Å². The fraction of sp³-hybridized carbons (Fsp3) is 0.923. The van der Waals surface area contributed by atoms with E-state index >= 15 is 0 Å². The van der Waals surface area contributed by atoms with Gasteiger partial charge in [0.2, 0.25) is 5.91 Å². The van der Waals surface area contributed by atoms with Gasteiger partial charge < -0.3 is 15.5 Å². The molecular formula is C13H27N3O. The standard InChI is InChI=1S/C13H27N3O/c1-13(2,14)8-12(17)16(4)10-11-6-5-7-15(3)9-11/h11H,5-10,14H2,1-4H3. The molecule has 17 heavy (non-hydrogen) atoms. The number of rotatable bonds is 4. The Morgan fingerprint density at radius 2 is 2.18 bits per heavy atom. The quantitative estimate of drug-likeness (QED) is 0.796. The number of piperidine rings is 1. The molecule has 1 aliphatic heterocycles. The fourth-order valence-electron chi connectivity index (χ4n) is 2.44. The van der Waals surface area contributed by atoms with Gasteiger partial charge in [0.05, 0.1) is 0 Å². The maximum Gasteiger partial charge on any atom is 0.224 e. The summed E-state index contributed by atoms with van der Waals surface area (Å²) in [4.78, 5) is 16.1. The van der Waals surface area contributed by atoms with Crippen molar-refractivity contribution < 1.29 is 4.79 Å². The summed E-state index contributed by atoms with van der Waals surface area (Å²) in [5, 5.41) is 0. The summed E-state index contributed by atoms with van der Waals surface area (Å²) >= 11 is 0. The largest absolute Gasteiger partial charge is 0.345 e. The average molecular weight is 241 g/mol. The van der Waals surface area contributed by atoms with E-state index in [4.69, 9.17) is 5.73 Å². The Balaban J connectivity index is 2.37. The lowest BCUT2D eigenvalue weighted by Gasteiger charge is -2.33. The number of hydrogen-bond acceptors (Lipinski definition) is 3. The molecule has 0 saturated carbocycles. The van der Waals surface area contributed by atoms with Gasteiger partial charge in [-0.25, -0.2) is 0 Å². The van der Waals surface area contributed by atoms with Gasteiger partial charge in [-0.1, -0.05) is 0 Å². The van der Waals surface area contributed by atoms with E-state index in [0.717, 1.165) is 13.1 Å². The molecule has 4 nitrogen and oxygen atoms in total. The normalized spacial score (nSPS) is 22.5. The van der Waals surface area contributed by atoms with Gasteiger partial charge >= 0.3 is 0 Å². The molecule has 1 heterocycles. The molecule has 1 unspecified atom stereocenters. The number of carbonyl (C=O) groups is 1. The first-order valence-corrected chi connectivity index (χ1v) is 6.49. The van der Waals surface area contributed by atoms with Crippen LogP contribution in [0.4, 0.5) is 0 Å². The summed E-state index contributed by atoms with van der Waals surface area (Å²) < 4.78 is 0. The summed E-state index contributed by atoms with van der Waals surface area (Å²) in [7, 11) is 4.04. The number of nitrogens with zero attached hydrogens (tertiary/aromatic N) is 2. The first kappa shape index (κ1) is 14.5. The molecular weight excluding hydrogens is 214 g/mol. The number of carbonyl (C=O) groups excluding carboxylic acids is 1. The molecule has 100 valence electrons. The lowest BCUT2D eigenvalue weighted by Crippen LogP contribution is -2.43. The second kappa shape index (κ2) is 5.83. The molecule has 1 aliphatic rings. The predicted octanol–water partition coefficient (Wildman–Crippen LogP) is 0.914. The minimum atomic E-state index is -0.408. The third-order valence-corrected chi connectivity index (χ3v) is 3.29. The zero-order chi connectivity index (χ0) is 13.1. The van der Waals surface area contributed by atoms with Gasteiger partial charge in [0, 0.05) is 32.1 Å². The molecule has 1 rings (SSSR count). The monoisotopic (exact) mass is 241 g/mol. The van der Waals surface area contributed by atoms with E-state index in [-0.39, 0.29) is 5.91 Å². The molecule has 4 heteroatoms. The molecule has 1 amide bonds. The topological polar surface area (TPSA) is 49.6 Å². The molecule has 0 aromatic rings. The lowest BCUT2D eigenvalue weighted by molar-refractivity contribution is -0.131. The maximum absolute atomic E-state index is 11.9. The van der Waals surface area contributed by atoms with E-state index < -0.39 is 5.54 Å². The molecule has 0 aliphatic carbocycles. The fourth-order valence-corrected chi connectivity index (χ4v) is 2.44. The number of nitrogens with two attached hydrogens (primary N) is 1. The van der Waals surface area contributed by atoms with Gasteiger partial charge in [-0.05, 0) is 46.2 Å². The highest BCUT2D eigenvalue weighted by Crippen LogP contribution is 2.16. The molecule has 0 aromatic heterocycles. The van der Waals surface area contributed by atoms with E-state index in [2.05, 4.69) is 11.9 Å². The van der Waals surface area contributed by atoms with Crippen LogP contribution >= 0.6 is 0 Å². The van der Waals surface area contributed by atoms with Crippen molar-refractivity contribution >= 4 is 5.91 Å². The van der Waals surface area contributed by atoms with Crippen molar-refractivity contribution in [3.05, 3.63) is 0 Å². The van der Waals surface area contributed by atoms with Crippen molar-refractivity contribution in [3.63, 3.8) is 0 Å². The Morgan fingerprint density at radius 1 is 1.53 bits per heavy atom. The summed E-state index contributed by atoms with van der Waals surface area (Å²) in [5.41, 5.74) is 5.47. The van der Waals surface area contributed by atoms with Gasteiger partial charge in [-0.3, -0.25) is 4.79 Å². The highest BCUT2D eigenvalue weighted by atomic mass is 16.2. The summed E-state index contributed by atoms with van der Waals surface area (Å²) in [6, 6.07) is 0. The molecule has 1 saturated heterocycles. The van der Waals surface area contributed by atoms with Crippen LogP contribution in [0.1, 0.15) is 33.1 Å². The Labute approximate surface area is 105 Å². The Hall–Kier alpha value is -0.610.